The first-order valence-corrected chi connectivity index (χ1v) is 7.92. The van der Waals surface area contributed by atoms with E-state index < -0.39 is 0 Å². The van der Waals surface area contributed by atoms with Crippen LogP contribution in [0.3, 0.4) is 0 Å². The van der Waals surface area contributed by atoms with Crippen molar-refractivity contribution >= 4 is 5.97 Å². The van der Waals surface area contributed by atoms with Crippen LogP contribution in [0.15, 0.2) is 0 Å². The SMILES string of the molecule is CC(=O)O[C@]1(C)CC[C@]23CC1C(C)(C)C2CC[C@@H]3C. The molecule has 108 valence electrons. The largest absolute Gasteiger partial charge is 0.459 e. The third-order valence-corrected chi connectivity index (χ3v) is 7.15. The number of carbonyl (C=O) groups excluding carboxylic acids is 1. The average molecular weight is 264 g/mol. The van der Waals surface area contributed by atoms with Crippen LogP contribution >= 0.6 is 0 Å². The van der Waals surface area contributed by atoms with Gasteiger partial charge in [-0.05, 0) is 61.7 Å². The van der Waals surface area contributed by atoms with Gasteiger partial charge < -0.3 is 4.74 Å². The van der Waals surface area contributed by atoms with Gasteiger partial charge in [0.05, 0.1) is 0 Å². The van der Waals surface area contributed by atoms with Gasteiger partial charge in [-0.15, -0.1) is 0 Å². The van der Waals surface area contributed by atoms with E-state index in [9.17, 15) is 4.79 Å². The van der Waals surface area contributed by atoms with Crippen molar-refractivity contribution < 1.29 is 9.53 Å². The predicted molar refractivity (Wildman–Crippen MR) is 75.6 cm³/mol. The lowest BCUT2D eigenvalue weighted by Crippen LogP contribution is -2.47. The van der Waals surface area contributed by atoms with Gasteiger partial charge in [-0.1, -0.05) is 20.8 Å². The molecule has 0 aromatic heterocycles. The number of fused-ring (bicyclic) bond motifs is 1. The van der Waals surface area contributed by atoms with E-state index in [4.69, 9.17) is 4.74 Å². The predicted octanol–water partition coefficient (Wildman–Crippen LogP) is 4.18. The molecule has 0 heterocycles. The highest BCUT2D eigenvalue weighted by Gasteiger charge is 2.68. The first-order valence-electron chi connectivity index (χ1n) is 7.92. The zero-order valence-electron chi connectivity index (χ0n) is 13.1. The first kappa shape index (κ1) is 13.5. The zero-order valence-corrected chi connectivity index (χ0v) is 13.1. The first-order chi connectivity index (χ1) is 8.72. The number of hydrogen-bond acceptors (Lipinski definition) is 2. The second-order valence-corrected chi connectivity index (χ2v) is 8.25. The van der Waals surface area contributed by atoms with Crippen molar-refractivity contribution in [2.24, 2.45) is 28.6 Å². The molecule has 0 saturated heterocycles. The molecule has 0 aliphatic heterocycles. The second kappa shape index (κ2) is 3.77. The van der Waals surface area contributed by atoms with Crippen LogP contribution in [0.25, 0.3) is 0 Å². The molecule has 3 aliphatic carbocycles. The van der Waals surface area contributed by atoms with Crippen LogP contribution in [-0.4, -0.2) is 11.6 Å². The lowest BCUT2D eigenvalue weighted by molar-refractivity contribution is -0.171. The topological polar surface area (TPSA) is 26.3 Å². The van der Waals surface area contributed by atoms with Crippen molar-refractivity contribution in [2.45, 2.75) is 72.3 Å². The highest BCUT2D eigenvalue weighted by molar-refractivity contribution is 5.66. The molecule has 0 amide bonds. The lowest BCUT2D eigenvalue weighted by Gasteiger charge is -2.46. The summed E-state index contributed by atoms with van der Waals surface area (Å²) in [7, 11) is 0. The van der Waals surface area contributed by atoms with E-state index in [1.54, 1.807) is 6.92 Å². The normalized spacial score (nSPS) is 50.9. The molecular formula is C17H28O2. The fraction of sp³-hybridized carbons (Fsp3) is 0.941. The molecule has 0 aromatic carbocycles. The second-order valence-electron chi connectivity index (χ2n) is 8.25. The van der Waals surface area contributed by atoms with Crippen LogP contribution in [0, 0.1) is 28.6 Å². The van der Waals surface area contributed by atoms with Crippen molar-refractivity contribution in [3.8, 4) is 0 Å². The minimum absolute atomic E-state index is 0.112. The maximum Gasteiger partial charge on any atom is 0.303 e. The minimum Gasteiger partial charge on any atom is -0.459 e. The standard InChI is InChI=1S/C17H28O2/c1-11-6-7-13-15(3,4)14-10-17(11,13)9-8-16(14,5)19-12(2)18/h11,13-14H,6-10H2,1-5H3/t11-,13?,14?,16+,17+/m0/s1. The molecule has 3 rings (SSSR count). The molecule has 5 atom stereocenters. The van der Waals surface area contributed by atoms with Crippen molar-refractivity contribution in [3.63, 3.8) is 0 Å². The Balaban J connectivity index is 1.99. The molecule has 19 heavy (non-hydrogen) atoms. The van der Waals surface area contributed by atoms with E-state index in [2.05, 4.69) is 27.7 Å². The fourth-order valence-corrected chi connectivity index (χ4v) is 6.31. The van der Waals surface area contributed by atoms with Gasteiger partial charge in [0.25, 0.3) is 0 Å². The molecule has 2 heteroatoms. The number of esters is 1. The smallest absolute Gasteiger partial charge is 0.303 e. The Kier molecular flexibility index (Phi) is 2.67. The molecule has 2 bridgehead atoms. The Morgan fingerprint density at radius 3 is 2.42 bits per heavy atom. The van der Waals surface area contributed by atoms with E-state index in [1.165, 1.54) is 25.7 Å². The Hall–Kier alpha value is -0.530. The van der Waals surface area contributed by atoms with Crippen molar-refractivity contribution in [2.75, 3.05) is 0 Å². The highest BCUT2D eigenvalue weighted by atomic mass is 16.6. The van der Waals surface area contributed by atoms with E-state index in [0.717, 1.165) is 18.3 Å². The van der Waals surface area contributed by atoms with Crippen LogP contribution < -0.4 is 0 Å². The molecule has 0 N–H and O–H groups in total. The molecule has 0 aromatic rings. The zero-order chi connectivity index (χ0) is 14.1. The summed E-state index contributed by atoms with van der Waals surface area (Å²) >= 11 is 0. The van der Waals surface area contributed by atoms with Crippen LogP contribution in [0.5, 0.6) is 0 Å². The van der Waals surface area contributed by atoms with Gasteiger partial charge in [0.1, 0.15) is 5.60 Å². The summed E-state index contributed by atoms with van der Waals surface area (Å²) < 4.78 is 5.80. The van der Waals surface area contributed by atoms with E-state index >= 15 is 0 Å². The molecule has 2 nitrogen and oxygen atoms in total. The molecule has 3 fully saturated rings. The molecule has 1 spiro atoms. The van der Waals surface area contributed by atoms with Gasteiger partial charge in [-0.3, -0.25) is 4.79 Å². The molecule has 3 aliphatic rings. The molecule has 3 saturated carbocycles. The fourth-order valence-electron chi connectivity index (χ4n) is 6.31. The maximum atomic E-state index is 11.5. The summed E-state index contributed by atoms with van der Waals surface area (Å²) in [5.74, 6) is 2.10. The Morgan fingerprint density at radius 2 is 1.79 bits per heavy atom. The van der Waals surface area contributed by atoms with Crippen molar-refractivity contribution in [3.05, 3.63) is 0 Å². The van der Waals surface area contributed by atoms with Gasteiger partial charge in [0, 0.05) is 12.8 Å². The highest BCUT2D eigenvalue weighted by Crippen LogP contribution is 2.73. The molecule has 2 unspecified atom stereocenters. The van der Waals surface area contributed by atoms with Gasteiger partial charge in [-0.2, -0.15) is 0 Å². The van der Waals surface area contributed by atoms with E-state index in [-0.39, 0.29) is 11.6 Å². The maximum absolute atomic E-state index is 11.5. The summed E-state index contributed by atoms with van der Waals surface area (Å²) in [6.07, 6.45) is 6.35. The van der Waals surface area contributed by atoms with Crippen LogP contribution in [0.4, 0.5) is 0 Å². The lowest BCUT2D eigenvalue weighted by atomic mass is 9.64. The Labute approximate surface area is 117 Å². The number of ether oxygens (including phenoxy) is 1. The summed E-state index contributed by atoms with van der Waals surface area (Å²) in [6.45, 7) is 11.0. The third-order valence-electron chi connectivity index (χ3n) is 7.15. The third kappa shape index (κ3) is 1.58. The summed E-state index contributed by atoms with van der Waals surface area (Å²) in [4.78, 5) is 11.5. The van der Waals surface area contributed by atoms with Crippen LogP contribution in [-0.2, 0) is 9.53 Å². The number of rotatable bonds is 1. The van der Waals surface area contributed by atoms with Gasteiger partial charge in [-0.25, -0.2) is 0 Å². The van der Waals surface area contributed by atoms with Gasteiger partial charge in [0.2, 0.25) is 0 Å². The van der Waals surface area contributed by atoms with Crippen LogP contribution in [0.1, 0.15) is 66.7 Å². The van der Waals surface area contributed by atoms with Crippen LogP contribution in [0.2, 0.25) is 0 Å². The summed E-state index contributed by atoms with van der Waals surface area (Å²) in [5.41, 5.74) is 0.629. The number of hydrogen-bond donors (Lipinski definition) is 0. The van der Waals surface area contributed by atoms with Crippen molar-refractivity contribution in [1.82, 2.24) is 0 Å². The Bertz CT molecular complexity index is 413. The van der Waals surface area contributed by atoms with E-state index in [0.29, 0.717) is 16.7 Å². The summed E-state index contributed by atoms with van der Waals surface area (Å²) in [6, 6.07) is 0. The van der Waals surface area contributed by atoms with Gasteiger partial charge in [0.15, 0.2) is 0 Å². The number of carbonyl (C=O) groups is 1. The quantitative estimate of drug-likeness (QED) is 0.664. The van der Waals surface area contributed by atoms with Gasteiger partial charge >= 0.3 is 5.97 Å². The monoisotopic (exact) mass is 264 g/mol. The Morgan fingerprint density at radius 1 is 1.11 bits per heavy atom. The average Bonchev–Trinajstić information content (AvgIpc) is 2.69. The summed E-state index contributed by atoms with van der Waals surface area (Å²) in [5, 5.41) is 0. The van der Waals surface area contributed by atoms with E-state index in [1.807, 2.05) is 0 Å². The minimum atomic E-state index is -0.232. The molecule has 0 radical (unpaired) electrons. The molecular weight excluding hydrogens is 236 g/mol. The van der Waals surface area contributed by atoms with Crippen molar-refractivity contribution in [1.29, 1.82) is 0 Å².